The van der Waals surface area contributed by atoms with E-state index < -0.39 is 17.8 Å². The van der Waals surface area contributed by atoms with E-state index in [2.05, 4.69) is 9.82 Å². The smallest absolute Gasteiger partial charge is 0.323 e. The molecule has 0 aliphatic carbocycles. The van der Waals surface area contributed by atoms with E-state index in [1.807, 2.05) is 0 Å². The van der Waals surface area contributed by atoms with Crippen molar-refractivity contribution in [1.82, 2.24) is 10.0 Å². The molecule has 2 amide bonds. The minimum Gasteiger partial charge on any atom is -0.323 e. The monoisotopic (exact) mass is 220 g/mol. The molecule has 82 valence electrons. The van der Waals surface area contributed by atoms with Gasteiger partial charge < -0.3 is 4.84 Å². The van der Waals surface area contributed by atoms with E-state index in [4.69, 9.17) is 0 Å². The zero-order valence-corrected chi connectivity index (χ0v) is 8.25. The molecule has 0 unspecified atom stereocenters. The SMILES string of the molecule is O=C(ON1C(=O)CCC1=O)c1ccccn1. The highest BCUT2D eigenvalue weighted by Crippen LogP contribution is 2.13. The molecule has 1 aliphatic heterocycles. The van der Waals surface area contributed by atoms with Crippen molar-refractivity contribution in [2.75, 3.05) is 0 Å². The van der Waals surface area contributed by atoms with E-state index in [1.165, 1.54) is 12.3 Å². The van der Waals surface area contributed by atoms with Crippen LogP contribution in [0.3, 0.4) is 0 Å². The maximum Gasteiger partial charge on any atom is 0.382 e. The summed E-state index contributed by atoms with van der Waals surface area (Å²) in [7, 11) is 0. The van der Waals surface area contributed by atoms with E-state index in [0.29, 0.717) is 5.06 Å². The maximum atomic E-state index is 11.5. The third-order valence-electron chi connectivity index (χ3n) is 2.05. The van der Waals surface area contributed by atoms with Gasteiger partial charge in [0.25, 0.3) is 11.8 Å². The van der Waals surface area contributed by atoms with Gasteiger partial charge in [0.05, 0.1) is 0 Å². The second kappa shape index (κ2) is 4.09. The highest BCUT2D eigenvalue weighted by atomic mass is 16.7. The Morgan fingerprint density at radius 1 is 1.25 bits per heavy atom. The van der Waals surface area contributed by atoms with Gasteiger partial charge in [-0.2, -0.15) is 0 Å². The lowest BCUT2D eigenvalue weighted by Crippen LogP contribution is -2.32. The number of carbonyl (C=O) groups is 3. The van der Waals surface area contributed by atoms with Gasteiger partial charge in [0.1, 0.15) is 0 Å². The van der Waals surface area contributed by atoms with Crippen LogP contribution in [0.2, 0.25) is 0 Å². The van der Waals surface area contributed by atoms with Gasteiger partial charge in [-0.25, -0.2) is 9.78 Å². The molecule has 16 heavy (non-hydrogen) atoms. The van der Waals surface area contributed by atoms with E-state index in [1.54, 1.807) is 12.1 Å². The minimum atomic E-state index is -0.816. The van der Waals surface area contributed by atoms with Crippen LogP contribution in [0.1, 0.15) is 23.3 Å². The Bertz CT molecular complexity index is 427. The number of pyridine rings is 1. The zero-order chi connectivity index (χ0) is 11.5. The third-order valence-corrected chi connectivity index (χ3v) is 2.05. The van der Waals surface area contributed by atoms with Crippen LogP contribution in [-0.4, -0.2) is 27.8 Å². The molecule has 0 spiro atoms. The molecule has 1 aliphatic rings. The number of hydrogen-bond acceptors (Lipinski definition) is 5. The normalized spacial score (nSPS) is 15.4. The van der Waals surface area contributed by atoms with E-state index in [9.17, 15) is 14.4 Å². The predicted octanol–water partition coefficient (Wildman–Crippen LogP) is 0.302. The maximum absolute atomic E-state index is 11.5. The van der Waals surface area contributed by atoms with Gasteiger partial charge in [-0.15, -0.1) is 5.06 Å². The van der Waals surface area contributed by atoms with Crippen LogP contribution in [0, 0.1) is 0 Å². The topological polar surface area (TPSA) is 76.6 Å². The molecule has 0 radical (unpaired) electrons. The van der Waals surface area contributed by atoms with Gasteiger partial charge in [-0.3, -0.25) is 9.59 Å². The van der Waals surface area contributed by atoms with E-state index >= 15 is 0 Å². The van der Waals surface area contributed by atoms with Crippen molar-refractivity contribution in [3.05, 3.63) is 30.1 Å². The average molecular weight is 220 g/mol. The summed E-state index contributed by atoms with van der Waals surface area (Å²) < 4.78 is 0. The van der Waals surface area contributed by atoms with Crippen LogP contribution in [-0.2, 0) is 14.4 Å². The molecule has 0 aromatic carbocycles. The Hall–Kier alpha value is -2.24. The van der Waals surface area contributed by atoms with Gasteiger partial charge >= 0.3 is 5.97 Å². The van der Waals surface area contributed by atoms with Gasteiger partial charge in [0.15, 0.2) is 5.69 Å². The van der Waals surface area contributed by atoms with Crippen LogP contribution in [0.25, 0.3) is 0 Å². The first-order valence-corrected chi connectivity index (χ1v) is 4.67. The number of aromatic nitrogens is 1. The number of amides is 2. The third kappa shape index (κ3) is 1.90. The van der Waals surface area contributed by atoms with Crippen LogP contribution in [0.4, 0.5) is 0 Å². The number of nitrogens with zero attached hydrogens (tertiary/aromatic N) is 2. The van der Waals surface area contributed by atoms with Gasteiger partial charge in [0, 0.05) is 19.0 Å². The number of imide groups is 1. The fraction of sp³-hybridized carbons (Fsp3) is 0.200. The van der Waals surface area contributed by atoms with Crippen molar-refractivity contribution < 1.29 is 19.2 Å². The Balaban J connectivity index is 2.08. The number of hydrogen-bond donors (Lipinski definition) is 0. The zero-order valence-electron chi connectivity index (χ0n) is 8.25. The highest BCUT2D eigenvalue weighted by molar-refractivity contribution is 6.02. The molecule has 2 rings (SSSR count). The Morgan fingerprint density at radius 2 is 1.94 bits per heavy atom. The predicted molar refractivity (Wildman–Crippen MR) is 50.7 cm³/mol. The van der Waals surface area contributed by atoms with Crippen LogP contribution < -0.4 is 0 Å². The van der Waals surface area contributed by atoms with Gasteiger partial charge in [0.2, 0.25) is 0 Å². The first-order valence-electron chi connectivity index (χ1n) is 4.67. The number of hydroxylamine groups is 2. The van der Waals surface area contributed by atoms with E-state index in [0.717, 1.165) is 0 Å². The van der Waals surface area contributed by atoms with Crippen molar-refractivity contribution in [3.63, 3.8) is 0 Å². The van der Waals surface area contributed by atoms with Crippen molar-refractivity contribution in [2.24, 2.45) is 0 Å². The average Bonchev–Trinajstić information content (AvgIpc) is 2.62. The molecule has 1 saturated heterocycles. The summed E-state index contributed by atoms with van der Waals surface area (Å²) in [6, 6.07) is 4.69. The van der Waals surface area contributed by atoms with Crippen LogP contribution in [0.5, 0.6) is 0 Å². The molecule has 6 nitrogen and oxygen atoms in total. The number of carbonyl (C=O) groups excluding carboxylic acids is 3. The molecule has 0 bridgehead atoms. The summed E-state index contributed by atoms with van der Waals surface area (Å²) in [6.45, 7) is 0. The second-order valence-electron chi connectivity index (χ2n) is 3.18. The van der Waals surface area contributed by atoms with Crippen molar-refractivity contribution in [2.45, 2.75) is 12.8 Å². The molecule has 6 heteroatoms. The molecule has 2 heterocycles. The lowest BCUT2D eigenvalue weighted by molar-refractivity contribution is -0.172. The summed E-state index contributed by atoms with van der Waals surface area (Å²) in [5.74, 6) is -1.83. The van der Waals surface area contributed by atoms with Crippen LogP contribution >= 0.6 is 0 Å². The highest BCUT2D eigenvalue weighted by Gasteiger charge is 2.33. The van der Waals surface area contributed by atoms with Gasteiger partial charge in [-0.1, -0.05) is 6.07 Å². The van der Waals surface area contributed by atoms with Crippen molar-refractivity contribution in [3.8, 4) is 0 Å². The molecule has 0 atom stereocenters. The standard InChI is InChI=1S/C10H8N2O4/c13-8-4-5-9(14)12(8)16-10(15)7-3-1-2-6-11-7/h1-3,6H,4-5H2. The van der Waals surface area contributed by atoms with Crippen LogP contribution in [0.15, 0.2) is 24.4 Å². The lowest BCUT2D eigenvalue weighted by Gasteiger charge is -2.11. The molecule has 1 fully saturated rings. The minimum absolute atomic E-state index is 0.0509. The molecule has 1 aromatic heterocycles. The molecule has 1 aromatic rings. The number of rotatable bonds is 2. The Morgan fingerprint density at radius 3 is 2.50 bits per heavy atom. The van der Waals surface area contributed by atoms with Crippen molar-refractivity contribution in [1.29, 1.82) is 0 Å². The second-order valence-corrected chi connectivity index (χ2v) is 3.18. The summed E-state index contributed by atoms with van der Waals surface area (Å²) in [5.41, 5.74) is 0.0509. The molecule has 0 N–H and O–H groups in total. The van der Waals surface area contributed by atoms with E-state index in [-0.39, 0.29) is 18.5 Å². The molecular formula is C10H8N2O4. The molecular weight excluding hydrogens is 212 g/mol. The fourth-order valence-corrected chi connectivity index (χ4v) is 1.27. The first kappa shape index (κ1) is 10.3. The first-order chi connectivity index (χ1) is 7.68. The lowest BCUT2D eigenvalue weighted by atomic mass is 10.4. The summed E-state index contributed by atoms with van der Waals surface area (Å²) in [5, 5.41) is 0.497. The van der Waals surface area contributed by atoms with Crippen molar-refractivity contribution >= 4 is 17.8 Å². The quantitative estimate of drug-likeness (QED) is 0.670. The summed E-state index contributed by atoms with van der Waals surface area (Å²) >= 11 is 0. The molecule has 0 saturated carbocycles. The Labute approximate surface area is 90.8 Å². The Kier molecular flexibility index (Phi) is 2.63. The largest absolute Gasteiger partial charge is 0.382 e. The fourth-order valence-electron chi connectivity index (χ4n) is 1.27. The van der Waals surface area contributed by atoms with Gasteiger partial charge in [-0.05, 0) is 12.1 Å². The summed E-state index contributed by atoms with van der Waals surface area (Å²) in [6.07, 6.45) is 1.58. The summed E-state index contributed by atoms with van der Waals surface area (Å²) in [4.78, 5) is 42.2.